The second kappa shape index (κ2) is 5.73. The maximum Gasteiger partial charge on any atom is 0.127 e. The molecule has 0 amide bonds. The maximum absolute atomic E-state index is 11.6. The van der Waals surface area contributed by atoms with Crippen LogP contribution in [0, 0.1) is 17.3 Å². The first-order valence-corrected chi connectivity index (χ1v) is 7.77. The van der Waals surface area contributed by atoms with Crippen LogP contribution < -0.4 is 0 Å². The number of nitrogens with zero attached hydrogens (tertiary/aromatic N) is 1. The molecule has 2 rings (SSSR count). The fraction of sp³-hybridized carbons (Fsp3) is 0.938. The predicted octanol–water partition coefficient (Wildman–Crippen LogP) is 3.50. The highest BCUT2D eigenvalue weighted by molar-refractivity contribution is 5.60. The third kappa shape index (κ3) is 2.96. The lowest BCUT2D eigenvalue weighted by molar-refractivity contribution is -0.120. The normalized spacial score (nSPS) is 38.2. The summed E-state index contributed by atoms with van der Waals surface area (Å²) in [6, 6.07) is 0.709. The number of hydrogen-bond acceptors (Lipinski definition) is 2. The molecule has 1 saturated heterocycles. The largest absolute Gasteiger partial charge is 0.303 e. The molecule has 2 heteroatoms. The quantitative estimate of drug-likeness (QED) is 0.713. The van der Waals surface area contributed by atoms with E-state index in [0.717, 1.165) is 31.2 Å². The Morgan fingerprint density at radius 3 is 2.50 bits per heavy atom. The van der Waals surface area contributed by atoms with Crippen LogP contribution in [0.5, 0.6) is 0 Å². The van der Waals surface area contributed by atoms with E-state index in [1.165, 1.54) is 38.5 Å². The van der Waals surface area contributed by atoms with Crippen LogP contribution in [0.3, 0.4) is 0 Å². The zero-order chi connectivity index (χ0) is 13.2. The molecule has 18 heavy (non-hydrogen) atoms. The van der Waals surface area contributed by atoms with Gasteiger partial charge in [0.15, 0.2) is 0 Å². The summed E-state index contributed by atoms with van der Waals surface area (Å²) in [4.78, 5) is 14.2. The highest BCUT2D eigenvalue weighted by Crippen LogP contribution is 2.39. The van der Waals surface area contributed by atoms with Gasteiger partial charge in [0.2, 0.25) is 0 Å². The van der Waals surface area contributed by atoms with E-state index in [1.807, 2.05) is 0 Å². The summed E-state index contributed by atoms with van der Waals surface area (Å²) in [5.41, 5.74) is -0.0238. The van der Waals surface area contributed by atoms with Gasteiger partial charge in [-0.2, -0.15) is 0 Å². The van der Waals surface area contributed by atoms with Gasteiger partial charge < -0.3 is 4.79 Å². The lowest BCUT2D eigenvalue weighted by Crippen LogP contribution is -2.44. The molecule has 1 saturated carbocycles. The van der Waals surface area contributed by atoms with Gasteiger partial charge in [-0.05, 0) is 56.9 Å². The highest BCUT2D eigenvalue weighted by atomic mass is 16.1. The lowest BCUT2D eigenvalue weighted by Gasteiger charge is -2.40. The molecular weight excluding hydrogens is 222 g/mol. The molecule has 0 bridgehead atoms. The summed E-state index contributed by atoms with van der Waals surface area (Å²) in [5.74, 6) is 1.54. The van der Waals surface area contributed by atoms with Crippen molar-refractivity contribution in [1.82, 2.24) is 4.90 Å². The van der Waals surface area contributed by atoms with Gasteiger partial charge in [-0.15, -0.1) is 0 Å². The monoisotopic (exact) mass is 251 g/mol. The van der Waals surface area contributed by atoms with Crippen LogP contribution in [0.4, 0.5) is 0 Å². The number of hydrogen-bond donors (Lipinski definition) is 0. The van der Waals surface area contributed by atoms with E-state index < -0.39 is 0 Å². The van der Waals surface area contributed by atoms with Crippen molar-refractivity contribution in [3.05, 3.63) is 0 Å². The number of carbonyl (C=O) groups is 1. The van der Waals surface area contributed by atoms with Gasteiger partial charge in [0, 0.05) is 18.0 Å². The molecule has 0 radical (unpaired) electrons. The molecule has 1 heterocycles. The Hall–Kier alpha value is -0.370. The van der Waals surface area contributed by atoms with Crippen LogP contribution >= 0.6 is 0 Å². The molecule has 2 aliphatic rings. The Labute approximate surface area is 112 Å². The summed E-state index contributed by atoms with van der Waals surface area (Å²) in [7, 11) is 0. The first-order chi connectivity index (χ1) is 8.56. The zero-order valence-electron chi connectivity index (χ0n) is 12.3. The molecule has 1 aliphatic heterocycles. The van der Waals surface area contributed by atoms with Crippen LogP contribution in [0.2, 0.25) is 0 Å². The zero-order valence-corrected chi connectivity index (χ0v) is 12.3. The van der Waals surface area contributed by atoms with Gasteiger partial charge in [0.05, 0.1) is 0 Å². The molecule has 0 aromatic heterocycles. The summed E-state index contributed by atoms with van der Waals surface area (Å²) in [5, 5.41) is 0. The van der Waals surface area contributed by atoms with Crippen LogP contribution in [0.1, 0.15) is 59.3 Å². The van der Waals surface area contributed by atoms with Crippen molar-refractivity contribution in [1.29, 1.82) is 0 Å². The van der Waals surface area contributed by atoms with Gasteiger partial charge >= 0.3 is 0 Å². The highest BCUT2D eigenvalue weighted by Gasteiger charge is 2.38. The van der Waals surface area contributed by atoms with Crippen molar-refractivity contribution in [2.75, 3.05) is 13.1 Å². The van der Waals surface area contributed by atoms with Gasteiger partial charge in [-0.1, -0.05) is 20.8 Å². The number of aldehydes is 1. The molecule has 2 nitrogen and oxygen atoms in total. The molecule has 0 spiro atoms. The van der Waals surface area contributed by atoms with Crippen LogP contribution in [0.15, 0.2) is 0 Å². The summed E-state index contributed by atoms with van der Waals surface area (Å²) in [6.07, 6.45) is 8.61. The number of likely N-dealkylation sites (tertiary alicyclic amines) is 1. The second-order valence-corrected chi connectivity index (χ2v) is 7.09. The number of rotatable bonds is 4. The Morgan fingerprint density at radius 2 is 1.94 bits per heavy atom. The molecule has 0 aromatic rings. The van der Waals surface area contributed by atoms with E-state index in [9.17, 15) is 4.79 Å². The van der Waals surface area contributed by atoms with E-state index in [1.54, 1.807) is 0 Å². The minimum atomic E-state index is -0.0238. The first-order valence-electron chi connectivity index (χ1n) is 7.77. The molecule has 104 valence electrons. The van der Waals surface area contributed by atoms with Crippen molar-refractivity contribution in [3.8, 4) is 0 Å². The van der Waals surface area contributed by atoms with Crippen LogP contribution in [0.25, 0.3) is 0 Å². The minimum Gasteiger partial charge on any atom is -0.303 e. The smallest absolute Gasteiger partial charge is 0.127 e. The average molecular weight is 251 g/mol. The Kier molecular flexibility index (Phi) is 4.47. The number of carbonyl (C=O) groups excluding carboxylic acids is 1. The minimum absolute atomic E-state index is 0.0238. The van der Waals surface area contributed by atoms with E-state index in [4.69, 9.17) is 0 Å². The van der Waals surface area contributed by atoms with Crippen molar-refractivity contribution in [2.24, 2.45) is 17.3 Å². The third-order valence-electron chi connectivity index (χ3n) is 5.22. The Morgan fingerprint density at radius 1 is 1.28 bits per heavy atom. The van der Waals surface area contributed by atoms with Crippen molar-refractivity contribution in [3.63, 3.8) is 0 Å². The van der Waals surface area contributed by atoms with E-state index in [0.29, 0.717) is 6.04 Å². The topological polar surface area (TPSA) is 20.3 Å². The van der Waals surface area contributed by atoms with Gasteiger partial charge in [0.1, 0.15) is 6.29 Å². The molecule has 1 atom stereocenters. The van der Waals surface area contributed by atoms with E-state index >= 15 is 0 Å². The standard InChI is InChI=1S/C16H29NO/c1-13(2)15-5-4-10-17(15)11-16(12-18)8-6-14(3)7-9-16/h12-15H,4-11H2,1-3H3. The van der Waals surface area contributed by atoms with E-state index in [-0.39, 0.29) is 5.41 Å². The van der Waals surface area contributed by atoms with Gasteiger partial charge in [-0.3, -0.25) is 4.90 Å². The SMILES string of the molecule is CC1CCC(C=O)(CN2CCCC2C(C)C)CC1. The first kappa shape index (κ1) is 14.0. The lowest BCUT2D eigenvalue weighted by atomic mass is 9.71. The molecular formula is C16H29NO. The van der Waals surface area contributed by atoms with Gasteiger partial charge in [0.25, 0.3) is 0 Å². The molecule has 1 aliphatic carbocycles. The van der Waals surface area contributed by atoms with E-state index in [2.05, 4.69) is 25.7 Å². The summed E-state index contributed by atoms with van der Waals surface area (Å²) in [6.45, 7) is 9.18. The van der Waals surface area contributed by atoms with Gasteiger partial charge in [-0.25, -0.2) is 0 Å². The fourth-order valence-electron chi connectivity index (χ4n) is 3.86. The molecule has 0 aromatic carbocycles. The molecule has 2 fully saturated rings. The van der Waals surface area contributed by atoms with Crippen molar-refractivity contribution in [2.45, 2.75) is 65.3 Å². The van der Waals surface area contributed by atoms with Crippen LogP contribution in [-0.4, -0.2) is 30.3 Å². The average Bonchev–Trinajstić information content (AvgIpc) is 2.80. The summed E-state index contributed by atoms with van der Waals surface area (Å²) >= 11 is 0. The van der Waals surface area contributed by atoms with Crippen molar-refractivity contribution < 1.29 is 4.79 Å². The second-order valence-electron chi connectivity index (χ2n) is 7.09. The maximum atomic E-state index is 11.6. The Balaban J connectivity index is 1.99. The predicted molar refractivity (Wildman–Crippen MR) is 75.6 cm³/mol. The molecule has 0 N–H and O–H groups in total. The fourth-order valence-corrected chi connectivity index (χ4v) is 3.86. The van der Waals surface area contributed by atoms with Crippen molar-refractivity contribution >= 4 is 6.29 Å². The summed E-state index contributed by atoms with van der Waals surface area (Å²) < 4.78 is 0. The van der Waals surface area contributed by atoms with Crippen LogP contribution in [-0.2, 0) is 4.79 Å². The third-order valence-corrected chi connectivity index (χ3v) is 5.22. The molecule has 1 unspecified atom stereocenters. The Bertz CT molecular complexity index is 279.